The third kappa shape index (κ3) is 4.80. The van der Waals surface area contributed by atoms with E-state index in [0.717, 1.165) is 22.5 Å². The fourth-order valence-corrected chi connectivity index (χ4v) is 3.00. The van der Waals surface area contributed by atoms with Crippen LogP contribution < -0.4 is 5.32 Å². The van der Waals surface area contributed by atoms with Gasteiger partial charge >= 0.3 is 5.97 Å². The molecule has 146 valence electrons. The molecule has 0 aliphatic rings. The maximum Gasteiger partial charge on any atom is 0.355 e. The van der Waals surface area contributed by atoms with Crippen molar-refractivity contribution in [2.24, 2.45) is 0 Å². The molecule has 0 atom stereocenters. The molecule has 0 radical (unpaired) electrons. The van der Waals surface area contributed by atoms with Crippen molar-refractivity contribution in [3.8, 4) is 0 Å². The molecule has 3 aromatic rings. The van der Waals surface area contributed by atoms with Gasteiger partial charge in [0.05, 0.1) is 17.3 Å². The van der Waals surface area contributed by atoms with Crippen molar-refractivity contribution >= 4 is 23.5 Å². The molecular formula is C20H21ClN4O3. The third-order valence-corrected chi connectivity index (χ3v) is 4.59. The molecule has 2 N–H and O–H groups in total. The molecule has 3 rings (SSSR count). The second-order valence-electron chi connectivity index (χ2n) is 6.38. The Morgan fingerprint density at radius 3 is 2.68 bits per heavy atom. The van der Waals surface area contributed by atoms with E-state index in [4.69, 9.17) is 16.3 Å². The van der Waals surface area contributed by atoms with Crippen LogP contribution in [-0.4, -0.2) is 33.2 Å². The smallest absolute Gasteiger partial charge is 0.355 e. The molecule has 2 aromatic heterocycles. The lowest BCUT2D eigenvalue weighted by atomic mass is 10.2. The number of ether oxygens (including phenoxy) is 1. The lowest BCUT2D eigenvalue weighted by Crippen LogP contribution is -2.28. The van der Waals surface area contributed by atoms with E-state index in [1.54, 1.807) is 0 Å². The number of esters is 1. The van der Waals surface area contributed by atoms with Gasteiger partial charge in [0.25, 0.3) is 5.91 Å². The van der Waals surface area contributed by atoms with Gasteiger partial charge in [-0.15, -0.1) is 0 Å². The molecule has 0 spiro atoms. The third-order valence-electron chi connectivity index (χ3n) is 4.37. The Balaban J connectivity index is 1.54. The number of hydrogen-bond donors (Lipinski definition) is 2. The monoisotopic (exact) mass is 400 g/mol. The summed E-state index contributed by atoms with van der Waals surface area (Å²) >= 11 is 5.74. The molecule has 0 unspecified atom stereocenters. The van der Waals surface area contributed by atoms with Crippen LogP contribution >= 0.6 is 11.6 Å². The molecule has 1 aromatic carbocycles. The number of aryl methyl sites for hydroxylation is 1. The Morgan fingerprint density at radius 1 is 1.25 bits per heavy atom. The molecule has 7 nitrogen and oxygen atoms in total. The Kier molecular flexibility index (Phi) is 6.16. The van der Waals surface area contributed by atoms with E-state index in [0.29, 0.717) is 18.1 Å². The number of H-pyrrole nitrogens is 1. The minimum absolute atomic E-state index is 0.201. The summed E-state index contributed by atoms with van der Waals surface area (Å²) in [5.74, 6) is -1.02. The normalized spacial score (nSPS) is 10.7. The Bertz CT molecular complexity index is 979. The summed E-state index contributed by atoms with van der Waals surface area (Å²) in [6.45, 7) is 4.49. The number of carbonyl (C=O) groups excluding carboxylic acids is 2. The summed E-state index contributed by atoms with van der Waals surface area (Å²) in [4.78, 5) is 26.5. The van der Waals surface area contributed by atoms with Crippen molar-refractivity contribution in [3.63, 3.8) is 0 Å². The van der Waals surface area contributed by atoms with Gasteiger partial charge in [-0.3, -0.25) is 9.48 Å². The van der Waals surface area contributed by atoms with Crippen molar-refractivity contribution in [1.82, 2.24) is 20.1 Å². The van der Waals surface area contributed by atoms with E-state index in [-0.39, 0.29) is 18.2 Å². The summed E-state index contributed by atoms with van der Waals surface area (Å²) < 4.78 is 6.89. The summed E-state index contributed by atoms with van der Waals surface area (Å²) in [5.41, 5.74) is 4.14. The fourth-order valence-electron chi connectivity index (χ4n) is 2.83. The minimum atomic E-state index is -0.634. The largest absolute Gasteiger partial charge is 0.451 e. The molecular weight excluding hydrogens is 380 g/mol. The van der Waals surface area contributed by atoms with E-state index in [9.17, 15) is 9.59 Å². The second-order valence-corrected chi connectivity index (χ2v) is 6.81. The number of carbonyl (C=O) groups is 2. The highest BCUT2D eigenvalue weighted by Gasteiger charge is 2.15. The van der Waals surface area contributed by atoms with Gasteiger partial charge < -0.3 is 15.0 Å². The number of halogens is 1. The molecule has 1 amide bonds. The summed E-state index contributed by atoms with van der Waals surface area (Å²) in [7, 11) is 0. The zero-order chi connectivity index (χ0) is 20.1. The fraction of sp³-hybridized carbons (Fsp3) is 0.250. The highest BCUT2D eigenvalue weighted by Crippen LogP contribution is 2.15. The zero-order valence-electron chi connectivity index (χ0n) is 15.7. The minimum Gasteiger partial charge on any atom is -0.451 e. The van der Waals surface area contributed by atoms with Crippen LogP contribution in [0.25, 0.3) is 0 Å². The first-order valence-corrected chi connectivity index (χ1v) is 9.16. The second kappa shape index (κ2) is 8.75. The van der Waals surface area contributed by atoms with Gasteiger partial charge in [-0.25, -0.2) is 4.79 Å². The molecule has 0 aliphatic carbocycles. The number of hydrogen-bond acceptors (Lipinski definition) is 4. The van der Waals surface area contributed by atoms with Gasteiger partial charge in [-0.2, -0.15) is 5.10 Å². The lowest BCUT2D eigenvalue weighted by molar-refractivity contribution is -0.124. The van der Waals surface area contributed by atoms with Gasteiger partial charge in [-0.05, 0) is 25.5 Å². The molecule has 0 fully saturated rings. The number of nitrogens with zero attached hydrogens (tertiary/aromatic N) is 2. The van der Waals surface area contributed by atoms with Gasteiger partial charge in [0.2, 0.25) is 0 Å². The van der Waals surface area contributed by atoms with Crippen molar-refractivity contribution in [1.29, 1.82) is 0 Å². The molecule has 0 bridgehead atoms. The van der Waals surface area contributed by atoms with Crippen LogP contribution in [0.4, 0.5) is 0 Å². The van der Waals surface area contributed by atoms with Crippen LogP contribution in [0.3, 0.4) is 0 Å². The van der Waals surface area contributed by atoms with E-state index in [1.807, 2.05) is 48.9 Å². The average Bonchev–Trinajstić information content (AvgIpc) is 3.23. The number of aromatic nitrogens is 3. The average molecular weight is 401 g/mol. The zero-order valence-corrected chi connectivity index (χ0v) is 16.4. The van der Waals surface area contributed by atoms with E-state index < -0.39 is 5.97 Å². The lowest BCUT2D eigenvalue weighted by Gasteiger charge is -2.08. The van der Waals surface area contributed by atoms with Crippen LogP contribution in [0.2, 0.25) is 5.02 Å². The molecule has 8 heteroatoms. The molecule has 0 saturated heterocycles. The van der Waals surface area contributed by atoms with E-state index in [2.05, 4.69) is 15.4 Å². The van der Waals surface area contributed by atoms with Crippen LogP contribution in [0, 0.1) is 13.8 Å². The highest BCUT2D eigenvalue weighted by atomic mass is 35.5. The number of aromatic amines is 1. The molecule has 2 heterocycles. The SMILES string of the molecule is Cc1nn(Cc2ccccc2)c(C)c1CNC(=O)COC(=O)c1cc(Cl)c[nH]1. The standard InChI is InChI=1S/C20H21ClN4O3/c1-13-17(14(2)25(24-13)11-15-6-4-3-5-7-15)10-23-19(26)12-28-20(27)18-8-16(21)9-22-18/h3-9,22H,10-12H2,1-2H3,(H,23,26). The Labute approximate surface area is 167 Å². The number of benzene rings is 1. The summed E-state index contributed by atoms with van der Waals surface area (Å²) in [6.07, 6.45) is 1.47. The number of nitrogens with one attached hydrogen (secondary N) is 2. The van der Waals surface area contributed by atoms with E-state index >= 15 is 0 Å². The molecule has 0 saturated carbocycles. The van der Waals surface area contributed by atoms with Crippen LogP contribution in [-0.2, 0) is 22.6 Å². The van der Waals surface area contributed by atoms with Gasteiger partial charge in [0.1, 0.15) is 5.69 Å². The number of amides is 1. The van der Waals surface area contributed by atoms with Gasteiger partial charge in [0.15, 0.2) is 6.61 Å². The van der Waals surface area contributed by atoms with Crippen molar-refractivity contribution in [2.45, 2.75) is 26.9 Å². The topological polar surface area (TPSA) is 89.0 Å². The number of rotatable bonds is 7. The quantitative estimate of drug-likeness (QED) is 0.596. The van der Waals surface area contributed by atoms with Crippen molar-refractivity contribution in [3.05, 3.63) is 75.8 Å². The van der Waals surface area contributed by atoms with Crippen LogP contribution in [0.15, 0.2) is 42.6 Å². The van der Waals surface area contributed by atoms with Crippen LogP contribution in [0.5, 0.6) is 0 Å². The molecule has 0 aliphatic heterocycles. The summed E-state index contributed by atoms with van der Waals surface area (Å²) in [6, 6.07) is 11.5. The Hall–Kier alpha value is -3.06. The maximum atomic E-state index is 12.0. The highest BCUT2D eigenvalue weighted by molar-refractivity contribution is 6.30. The predicted octanol–water partition coefficient (Wildman–Crippen LogP) is 3.00. The van der Waals surface area contributed by atoms with Crippen molar-refractivity contribution in [2.75, 3.05) is 6.61 Å². The van der Waals surface area contributed by atoms with Crippen LogP contribution in [0.1, 0.15) is 33.0 Å². The first kappa shape index (κ1) is 19.7. The maximum absolute atomic E-state index is 12.0. The van der Waals surface area contributed by atoms with E-state index in [1.165, 1.54) is 12.3 Å². The predicted molar refractivity (Wildman–Crippen MR) is 105 cm³/mol. The first-order valence-electron chi connectivity index (χ1n) is 8.78. The van der Waals surface area contributed by atoms with Crippen molar-refractivity contribution < 1.29 is 14.3 Å². The molecule has 28 heavy (non-hydrogen) atoms. The van der Waals surface area contributed by atoms with Gasteiger partial charge in [-0.1, -0.05) is 41.9 Å². The summed E-state index contributed by atoms with van der Waals surface area (Å²) in [5, 5.41) is 7.73. The Morgan fingerprint density at radius 2 is 2.00 bits per heavy atom. The first-order chi connectivity index (χ1) is 13.4. The van der Waals surface area contributed by atoms with Gasteiger partial charge in [0, 0.05) is 24.0 Å².